The SMILES string of the molecule is CCNC(=O)CCCOCCC(=O)NC. The van der Waals surface area contributed by atoms with Gasteiger partial charge in [0.25, 0.3) is 0 Å². The standard InChI is InChI=1S/C10H20N2O3/c1-3-12-10(14)5-4-7-15-8-6-9(13)11-2/h3-8H2,1-2H3,(H,11,13)(H,12,14). The molecule has 0 aromatic heterocycles. The van der Waals surface area contributed by atoms with Crippen LogP contribution in [-0.4, -0.2) is 38.6 Å². The maximum Gasteiger partial charge on any atom is 0.222 e. The first-order chi connectivity index (χ1) is 7.20. The molecule has 0 radical (unpaired) electrons. The molecule has 0 aromatic carbocycles. The molecular formula is C10H20N2O3. The van der Waals surface area contributed by atoms with E-state index in [-0.39, 0.29) is 11.8 Å². The van der Waals surface area contributed by atoms with Crippen molar-refractivity contribution in [1.29, 1.82) is 0 Å². The minimum Gasteiger partial charge on any atom is -0.381 e. The van der Waals surface area contributed by atoms with Gasteiger partial charge < -0.3 is 15.4 Å². The van der Waals surface area contributed by atoms with Crippen molar-refractivity contribution in [3.05, 3.63) is 0 Å². The zero-order valence-electron chi connectivity index (χ0n) is 9.47. The topological polar surface area (TPSA) is 67.4 Å². The molecule has 2 N–H and O–H groups in total. The van der Waals surface area contributed by atoms with E-state index in [1.807, 2.05) is 6.92 Å². The zero-order valence-corrected chi connectivity index (χ0v) is 9.47. The van der Waals surface area contributed by atoms with Gasteiger partial charge in [0.2, 0.25) is 11.8 Å². The van der Waals surface area contributed by atoms with Crippen molar-refractivity contribution >= 4 is 11.8 Å². The molecule has 0 atom stereocenters. The fraction of sp³-hybridized carbons (Fsp3) is 0.800. The van der Waals surface area contributed by atoms with Crippen molar-refractivity contribution in [1.82, 2.24) is 10.6 Å². The summed E-state index contributed by atoms with van der Waals surface area (Å²) in [6.45, 7) is 3.48. The van der Waals surface area contributed by atoms with Gasteiger partial charge in [-0.25, -0.2) is 0 Å². The Morgan fingerprint density at radius 3 is 2.47 bits per heavy atom. The molecule has 0 aliphatic heterocycles. The van der Waals surface area contributed by atoms with E-state index in [2.05, 4.69) is 10.6 Å². The molecule has 0 aromatic rings. The number of hydrogen-bond acceptors (Lipinski definition) is 3. The zero-order chi connectivity index (χ0) is 11.5. The molecule has 0 aliphatic carbocycles. The average molecular weight is 216 g/mol. The van der Waals surface area contributed by atoms with E-state index in [9.17, 15) is 9.59 Å². The lowest BCUT2D eigenvalue weighted by molar-refractivity contribution is -0.123. The van der Waals surface area contributed by atoms with E-state index in [4.69, 9.17) is 4.74 Å². The summed E-state index contributed by atoms with van der Waals surface area (Å²) in [7, 11) is 1.59. The van der Waals surface area contributed by atoms with Gasteiger partial charge in [0.1, 0.15) is 0 Å². The number of nitrogens with one attached hydrogen (secondary N) is 2. The van der Waals surface area contributed by atoms with E-state index < -0.39 is 0 Å². The largest absolute Gasteiger partial charge is 0.381 e. The molecule has 5 heteroatoms. The molecule has 0 saturated heterocycles. The van der Waals surface area contributed by atoms with Crippen LogP contribution in [0.4, 0.5) is 0 Å². The van der Waals surface area contributed by atoms with E-state index >= 15 is 0 Å². The van der Waals surface area contributed by atoms with Crippen LogP contribution >= 0.6 is 0 Å². The van der Waals surface area contributed by atoms with Gasteiger partial charge in [0.05, 0.1) is 6.61 Å². The Balaban J connectivity index is 3.18. The number of carbonyl (C=O) groups excluding carboxylic acids is 2. The quantitative estimate of drug-likeness (QED) is 0.564. The molecule has 15 heavy (non-hydrogen) atoms. The summed E-state index contributed by atoms with van der Waals surface area (Å²) in [4.78, 5) is 21.8. The average Bonchev–Trinajstić information content (AvgIpc) is 2.23. The Kier molecular flexibility index (Phi) is 8.76. The predicted molar refractivity (Wildman–Crippen MR) is 57.4 cm³/mol. The molecule has 0 aliphatic rings. The van der Waals surface area contributed by atoms with Gasteiger partial charge in [0, 0.05) is 33.0 Å². The van der Waals surface area contributed by atoms with Gasteiger partial charge in [-0.15, -0.1) is 0 Å². The maximum atomic E-state index is 11.0. The first-order valence-electron chi connectivity index (χ1n) is 5.25. The summed E-state index contributed by atoms with van der Waals surface area (Å²) in [6, 6.07) is 0. The summed E-state index contributed by atoms with van der Waals surface area (Å²) >= 11 is 0. The molecule has 0 saturated carbocycles. The van der Waals surface area contributed by atoms with Gasteiger partial charge in [-0.1, -0.05) is 0 Å². The molecule has 0 unspecified atom stereocenters. The van der Waals surface area contributed by atoms with Gasteiger partial charge >= 0.3 is 0 Å². The summed E-state index contributed by atoms with van der Waals surface area (Å²) in [5.74, 6) is 0.0196. The lowest BCUT2D eigenvalue weighted by Crippen LogP contribution is -2.22. The molecule has 0 heterocycles. The number of hydrogen-bond donors (Lipinski definition) is 2. The van der Waals surface area contributed by atoms with Gasteiger partial charge in [-0.2, -0.15) is 0 Å². The third-order valence-electron chi connectivity index (χ3n) is 1.82. The van der Waals surface area contributed by atoms with Crippen LogP contribution in [0, 0.1) is 0 Å². The highest BCUT2D eigenvalue weighted by Gasteiger charge is 2.00. The van der Waals surface area contributed by atoms with E-state index in [1.54, 1.807) is 7.05 Å². The van der Waals surface area contributed by atoms with E-state index in [0.29, 0.717) is 39.0 Å². The Hall–Kier alpha value is -1.10. The van der Waals surface area contributed by atoms with Crippen molar-refractivity contribution in [3.63, 3.8) is 0 Å². The molecule has 2 amide bonds. The first-order valence-corrected chi connectivity index (χ1v) is 5.25. The number of amides is 2. The van der Waals surface area contributed by atoms with Crippen LogP contribution in [0.5, 0.6) is 0 Å². The number of carbonyl (C=O) groups is 2. The smallest absolute Gasteiger partial charge is 0.222 e. The van der Waals surface area contributed by atoms with Crippen LogP contribution in [0.25, 0.3) is 0 Å². The Labute approximate surface area is 90.6 Å². The minimum atomic E-state index is -0.0290. The predicted octanol–water partition coefficient (Wildman–Crippen LogP) is 0.0554. The van der Waals surface area contributed by atoms with E-state index in [0.717, 1.165) is 0 Å². The molecule has 0 bridgehead atoms. The molecule has 0 fully saturated rings. The molecule has 88 valence electrons. The normalized spacial score (nSPS) is 9.73. The van der Waals surface area contributed by atoms with Crippen LogP contribution in [-0.2, 0) is 14.3 Å². The highest BCUT2D eigenvalue weighted by molar-refractivity contribution is 5.76. The summed E-state index contributed by atoms with van der Waals surface area (Å²) in [6.07, 6.45) is 1.55. The van der Waals surface area contributed by atoms with Crippen molar-refractivity contribution in [2.24, 2.45) is 0 Å². The fourth-order valence-corrected chi connectivity index (χ4v) is 1.01. The summed E-state index contributed by atoms with van der Waals surface area (Å²) in [5, 5.41) is 5.21. The molecule has 0 spiro atoms. The monoisotopic (exact) mass is 216 g/mol. The Bertz CT molecular complexity index is 195. The van der Waals surface area contributed by atoms with Crippen LogP contribution in [0.1, 0.15) is 26.2 Å². The van der Waals surface area contributed by atoms with E-state index in [1.165, 1.54) is 0 Å². The first kappa shape index (κ1) is 13.9. The van der Waals surface area contributed by atoms with Crippen LogP contribution < -0.4 is 10.6 Å². The maximum absolute atomic E-state index is 11.0. The van der Waals surface area contributed by atoms with Gasteiger partial charge in [-0.05, 0) is 13.3 Å². The lowest BCUT2D eigenvalue weighted by atomic mass is 10.3. The number of ether oxygens (including phenoxy) is 1. The van der Waals surface area contributed by atoms with Gasteiger partial charge in [-0.3, -0.25) is 9.59 Å². The minimum absolute atomic E-state index is 0.0290. The third-order valence-corrected chi connectivity index (χ3v) is 1.82. The highest BCUT2D eigenvalue weighted by atomic mass is 16.5. The second-order valence-corrected chi connectivity index (χ2v) is 3.09. The molecule has 0 rings (SSSR count). The Morgan fingerprint density at radius 1 is 1.13 bits per heavy atom. The second-order valence-electron chi connectivity index (χ2n) is 3.09. The Morgan fingerprint density at radius 2 is 1.87 bits per heavy atom. The van der Waals surface area contributed by atoms with Crippen molar-refractivity contribution in [2.75, 3.05) is 26.8 Å². The number of rotatable bonds is 8. The van der Waals surface area contributed by atoms with Crippen molar-refractivity contribution in [3.8, 4) is 0 Å². The van der Waals surface area contributed by atoms with Gasteiger partial charge in [0.15, 0.2) is 0 Å². The lowest BCUT2D eigenvalue weighted by Gasteiger charge is -2.04. The summed E-state index contributed by atoms with van der Waals surface area (Å²) < 4.78 is 5.19. The third kappa shape index (κ3) is 9.21. The van der Waals surface area contributed by atoms with Crippen LogP contribution in [0.2, 0.25) is 0 Å². The van der Waals surface area contributed by atoms with Crippen LogP contribution in [0.15, 0.2) is 0 Å². The van der Waals surface area contributed by atoms with Crippen LogP contribution in [0.3, 0.4) is 0 Å². The van der Waals surface area contributed by atoms with Crippen molar-refractivity contribution < 1.29 is 14.3 Å². The van der Waals surface area contributed by atoms with Crippen molar-refractivity contribution in [2.45, 2.75) is 26.2 Å². The summed E-state index contributed by atoms with van der Waals surface area (Å²) in [5.41, 5.74) is 0. The molecular weight excluding hydrogens is 196 g/mol. The molecule has 5 nitrogen and oxygen atoms in total. The second kappa shape index (κ2) is 9.45. The highest BCUT2D eigenvalue weighted by Crippen LogP contribution is 1.91. The fourth-order valence-electron chi connectivity index (χ4n) is 1.01.